The number of carbonyl (C=O) groups is 2. The van der Waals surface area contributed by atoms with Crippen LogP contribution >= 0.6 is 0 Å². The number of rotatable bonds is 4. The van der Waals surface area contributed by atoms with E-state index >= 15 is 0 Å². The number of piperazine rings is 1. The Balaban J connectivity index is 2.12. The third kappa shape index (κ3) is 4.31. The predicted octanol–water partition coefficient (Wildman–Crippen LogP) is 2.87. The normalized spacial score (nSPS) is 21.9. The van der Waals surface area contributed by atoms with Crippen LogP contribution in [0.1, 0.15) is 43.6 Å². The lowest BCUT2D eigenvalue weighted by molar-refractivity contribution is -0.0243. The summed E-state index contributed by atoms with van der Waals surface area (Å²) in [5.74, 6) is -0.335. The Hall–Kier alpha value is -2.08. The highest BCUT2D eigenvalue weighted by Gasteiger charge is 2.39. The van der Waals surface area contributed by atoms with Crippen molar-refractivity contribution in [2.24, 2.45) is 0 Å². The van der Waals surface area contributed by atoms with Crippen LogP contribution in [0.15, 0.2) is 24.3 Å². The van der Waals surface area contributed by atoms with Crippen molar-refractivity contribution >= 4 is 12.1 Å². The Labute approximate surface area is 149 Å². The summed E-state index contributed by atoms with van der Waals surface area (Å²) in [5, 5.41) is 9.26. The molecule has 0 aliphatic carbocycles. The summed E-state index contributed by atoms with van der Waals surface area (Å²) in [6.45, 7) is 9.56. The maximum Gasteiger partial charge on any atom is 0.407 e. The zero-order chi connectivity index (χ0) is 18.8. The molecule has 1 saturated heterocycles. The first-order chi connectivity index (χ1) is 11.7. The van der Waals surface area contributed by atoms with Crippen molar-refractivity contribution in [1.82, 2.24) is 9.80 Å². The summed E-state index contributed by atoms with van der Waals surface area (Å²) in [7, 11) is 1.37. The Morgan fingerprint density at radius 3 is 2.12 bits per heavy atom. The van der Waals surface area contributed by atoms with E-state index in [9.17, 15) is 14.7 Å². The molecule has 0 radical (unpaired) electrons. The number of carboxylic acid groups (broad SMARTS) is 1. The van der Waals surface area contributed by atoms with Crippen LogP contribution in [0.2, 0.25) is 0 Å². The summed E-state index contributed by atoms with van der Waals surface area (Å²) in [4.78, 5) is 26.7. The lowest BCUT2D eigenvalue weighted by Crippen LogP contribution is -2.64. The van der Waals surface area contributed by atoms with Crippen LogP contribution in [-0.2, 0) is 11.2 Å². The van der Waals surface area contributed by atoms with Gasteiger partial charge in [-0.3, -0.25) is 4.90 Å². The van der Waals surface area contributed by atoms with Gasteiger partial charge in [0.1, 0.15) is 0 Å². The first-order valence-corrected chi connectivity index (χ1v) is 8.59. The second-order valence-corrected chi connectivity index (χ2v) is 7.47. The lowest BCUT2D eigenvalue weighted by Gasteiger charge is -2.51. The van der Waals surface area contributed by atoms with Gasteiger partial charge >= 0.3 is 12.1 Å². The number of benzene rings is 1. The van der Waals surface area contributed by atoms with E-state index in [1.165, 1.54) is 12.0 Å². The number of hydrogen-bond acceptors (Lipinski definition) is 4. The van der Waals surface area contributed by atoms with Gasteiger partial charge in [0.2, 0.25) is 0 Å². The van der Waals surface area contributed by atoms with E-state index in [0.29, 0.717) is 18.7 Å². The van der Waals surface area contributed by atoms with Crippen LogP contribution in [0.25, 0.3) is 0 Å². The van der Waals surface area contributed by atoms with E-state index < -0.39 is 6.09 Å². The smallest absolute Gasteiger partial charge is 0.407 e. The van der Waals surface area contributed by atoms with Crippen LogP contribution in [0.3, 0.4) is 0 Å². The van der Waals surface area contributed by atoms with E-state index in [2.05, 4.69) is 32.6 Å². The molecule has 138 valence electrons. The SMILES string of the molecule is COC(=O)c1ccc(CC(C)(C)N2C(C)CN(C(=O)O)CC2C)cc1. The number of methoxy groups -OCH3 is 1. The average molecular weight is 348 g/mol. The minimum Gasteiger partial charge on any atom is -0.465 e. The van der Waals surface area contributed by atoms with Crippen molar-refractivity contribution < 1.29 is 19.4 Å². The third-order valence-electron chi connectivity index (χ3n) is 4.90. The average Bonchev–Trinajstić information content (AvgIpc) is 2.53. The van der Waals surface area contributed by atoms with Gasteiger partial charge in [0.15, 0.2) is 0 Å². The molecule has 6 heteroatoms. The van der Waals surface area contributed by atoms with E-state index in [0.717, 1.165) is 12.0 Å². The molecule has 0 saturated carbocycles. The molecular weight excluding hydrogens is 320 g/mol. The molecule has 1 amide bonds. The highest BCUT2D eigenvalue weighted by molar-refractivity contribution is 5.89. The lowest BCUT2D eigenvalue weighted by atomic mass is 9.88. The Morgan fingerprint density at radius 2 is 1.68 bits per heavy atom. The minimum absolute atomic E-state index is 0.129. The molecule has 0 aromatic heterocycles. The molecule has 0 spiro atoms. The van der Waals surface area contributed by atoms with Crippen molar-refractivity contribution in [2.75, 3.05) is 20.2 Å². The number of nitrogens with zero attached hydrogens (tertiary/aromatic N) is 2. The quantitative estimate of drug-likeness (QED) is 0.847. The van der Waals surface area contributed by atoms with Crippen LogP contribution < -0.4 is 0 Å². The first-order valence-electron chi connectivity index (χ1n) is 8.59. The number of ether oxygens (including phenoxy) is 1. The van der Waals surface area contributed by atoms with Crippen molar-refractivity contribution in [3.05, 3.63) is 35.4 Å². The molecule has 1 aromatic carbocycles. The van der Waals surface area contributed by atoms with Gasteiger partial charge < -0.3 is 14.7 Å². The summed E-state index contributed by atoms with van der Waals surface area (Å²) in [6.07, 6.45) is -0.0366. The second-order valence-electron chi connectivity index (χ2n) is 7.47. The van der Waals surface area contributed by atoms with Crippen LogP contribution in [-0.4, -0.2) is 64.8 Å². The molecule has 1 aliphatic heterocycles. The van der Waals surface area contributed by atoms with Gasteiger partial charge in [-0.1, -0.05) is 12.1 Å². The fourth-order valence-electron chi connectivity index (χ4n) is 4.14. The van der Waals surface area contributed by atoms with Gasteiger partial charge in [0, 0.05) is 30.7 Å². The predicted molar refractivity (Wildman–Crippen MR) is 95.9 cm³/mol. The van der Waals surface area contributed by atoms with E-state index in [4.69, 9.17) is 4.74 Å². The largest absolute Gasteiger partial charge is 0.465 e. The van der Waals surface area contributed by atoms with Crippen molar-refractivity contribution in [2.45, 2.75) is 51.7 Å². The zero-order valence-corrected chi connectivity index (χ0v) is 15.7. The molecule has 1 aromatic rings. The fourth-order valence-corrected chi connectivity index (χ4v) is 4.14. The van der Waals surface area contributed by atoms with Crippen LogP contribution in [0, 0.1) is 0 Å². The summed E-state index contributed by atoms with van der Waals surface area (Å²) >= 11 is 0. The molecule has 0 bridgehead atoms. The number of amides is 1. The summed E-state index contributed by atoms with van der Waals surface area (Å²) < 4.78 is 4.73. The second kappa shape index (κ2) is 7.44. The Kier molecular flexibility index (Phi) is 5.72. The van der Waals surface area contributed by atoms with Gasteiger partial charge in [-0.25, -0.2) is 9.59 Å². The van der Waals surface area contributed by atoms with Gasteiger partial charge in [-0.15, -0.1) is 0 Å². The fraction of sp³-hybridized carbons (Fsp3) is 0.579. The maximum absolute atomic E-state index is 11.5. The molecule has 2 atom stereocenters. The highest BCUT2D eigenvalue weighted by atomic mass is 16.5. The molecule has 2 rings (SSSR count). The molecule has 1 heterocycles. The Morgan fingerprint density at radius 1 is 1.16 bits per heavy atom. The van der Waals surface area contributed by atoms with Gasteiger partial charge in [0.05, 0.1) is 12.7 Å². The van der Waals surface area contributed by atoms with Gasteiger partial charge in [0.25, 0.3) is 0 Å². The van der Waals surface area contributed by atoms with Gasteiger partial charge in [-0.2, -0.15) is 0 Å². The molecule has 1 N–H and O–H groups in total. The Bertz CT molecular complexity index is 615. The minimum atomic E-state index is -0.852. The van der Waals surface area contributed by atoms with Crippen LogP contribution in [0.4, 0.5) is 4.79 Å². The molecule has 1 fully saturated rings. The number of esters is 1. The summed E-state index contributed by atoms with van der Waals surface area (Å²) in [6, 6.07) is 7.76. The zero-order valence-electron chi connectivity index (χ0n) is 15.7. The maximum atomic E-state index is 11.5. The van der Waals surface area contributed by atoms with E-state index in [1.54, 1.807) is 12.1 Å². The molecule has 2 unspecified atom stereocenters. The third-order valence-corrected chi connectivity index (χ3v) is 4.90. The standard InChI is InChI=1S/C19H28N2O4/c1-13-11-20(18(23)24)12-14(2)21(13)19(3,4)10-15-6-8-16(9-7-15)17(22)25-5/h6-9,13-14H,10-12H2,1-5H3,(H,23,24). The highest BCUT2D eigenvalue weighted by Crippen LogP contribution is 2.29. The van der Waals surface area contributed by atoms with Gasteiger partial charge in [-0.05, 0) is 51.8 Å². The van der Waals surface area contributed by atoms with E-state index in [1.807, 2.05) is 12.1 Å². The summed E-state index contributed by atoms with van der Waals surface area (Å²) in [5.41, 5.74) is 1.55. The van der Waals surface area contributed by atoms with Crippen LogP contribution in [0.5, 0.6) is 0 Å². The van der Waals surface area contributed by atoms with Crippen molar-refractivity contribution in [3.63, 3.8) is 0 Å². The molecule has 6 nitrogen and oxygen atoms in total. The first kappa shape index (κ1) is 19.2. The molecular formula is C19H28N2O4. The molecule has 25 heavy (non-hydrogen) atoms. The number of carbonyl (C=O) groups excluding carboxylic acids is 1. The van der Waals surface area contributed by atoms with Crippen molar-refractivity contribution in [1.29, 1.82) is 0 Å². The monoisotopic (exact) mass is 348 g/mol. The topological polar surface area (TPSA) is 70.1 Å². The van der Waals surface area contributed by atoms with E-state index in [-0.39, 0.29) is 23.6 Å². The molecule has 1 aliphatic rings. The number of hydrogen-bond donors (Lipinski definition) is 1. The van der Waals surface area contributed by atoms with Crippen molar-refractivity contribution in [3.8, 4) is 0 Å².